The molecule has 0 aliphatic carbocycles. The van der Waals surface area contributed by atoms with E-state index in [0.29, 0.717) is 11.5 Å². The summed E-state index contributed by atoms with van der Waals surface area (Å²) in [6, 6.07) is 10.8. The first-order valence-corrected chi connectivity index (χ1v) is 10.2. The highest BCUT2D eigenvalue weighted by atomic mass is 28.4. The topological polar surface area (TPSA) is 9.23 Å². The van der Waals surface area contributed by atoms with Gasteiger partial charge in [0.1, 0.15) is 0 Å². The highest BCUT2D eigenvalue weighted by Crippen LogP contribution is 2.66. The molecule has 3 atom stereocenters. The molecule has 1 aromatic rings. The van der Waals surface area contributed by atoms with Gasteiger partial charge >= 0.3 is 0 Å². The minimum atomic E-state index is -1.95. The average Bonchev–Trinajstić information content (AvgIpc) is 2.64. The SMILES string of the molecule is C[C@H]1[C@@H](C)[Si](C(C)(C)C)(C(C)(C)C)O[C@H]1c1ccccc1. The van der Waals surface area contributed by atoms with Crippen LogP contribution < -0.4 is 0 Å². The molecule has 0 saturated carbocycles. The Bertz CT molecular complexity index is 467. The van der Waals surface area contributed by atoms with Crippen molar-refractivity contribution in [3.05, 3.63) is 35.9 Å². The zero-order valence-corrected chi connectivity index (χ0v) is 16.0. The Morgan fingerprint density at radius 3 is 1.71 bits per heavy atom. The van der Waals surface area contributed by atoms with Gasteiger partial charge in [-0.15, -0.1) is 0 Å². The van der Waals surface area contributed by atoms with E-state index in [1.54, 1.807) is 0 Å². The molecule has 1 aliphatic rings. The van der Waals surface area contributed by atoms with Gasteiger partial charge < -0.3 is 4.43 Å². The number of hydrogen-bond donors (Lipinski definition) is 0. The zero-order valence-electron chi connectivity index (χ0n) is 15.0. The van der Waals surface area contributed by atoms with Crippen molar-refractivity contribution < 1.29 is 4.43 Å². The Morgan fingerprint density at radius 2 is 1.33 bits per heavy atom. The molecule has 1 nitrogen and oxygen atoms in total. The maximum Gasteiger partial charge on any atom is 0.207 e. The molecular weight excluding hydrogens is 272 g/mol. The zero-order chi connectivity index (χ0) is 16.1. The molecule has 2 heteroatoms. The Labute approximate surface area is 132 Å². The van der Waals surface area contributed by atoms with E-state index in [0.717, 1.165) is 0 Å². The minimum Gasteiger partial charge on any atom is -0.408 e. The van der Waals surface area contributed by atoms with Crippen LogP contribution in [-0.4, -0.2) is 8.32 Å². The third kappa shape index (κ3) is 2.51. The van der Waals surface area contributed by atoms with Gasteiger partial charge in [-0.05, 0) is 27.1 Å². The van der Waals surface area contributed by atoms with Crippen LogP contribution in [0.3, 0.4) is 0 Å². The summed E-state index contributed by atoms with van der Waals surface area (Å²) in [6.07, 6.45) is 0.256. The van der Waals surface area contributed by atoms with E-state index in [2.05, 4.69) is 85.7 Å². The maximum atomic E-state index is 7.03. The van der Waals surface area contributed by atoms with E-state index in [9.17, 15) is 0 Å². The van der Waals surface area contributed by atoms with Gasteiger partial charge in [0, 0.05) is 0 Å². The van der Waals surface area contributed by atoms with Crippen LogP contribution in [-0.2, 0) is 4.43 Å². The normalized spacial score (nSPS) is 29.6. The van der Waals surface area contributed by atoms with Crippen LogP contribution >= 0.6 is 0 Å². The lowest BCUT2D eigenvalue weighted by atomic mass is 9.95. The molecule has 1 heterocycles. The Kier molecular flexibility index (Phi) is 4.18. The van der Waals surface area contributed by atoms with Gasteiger partial charge in [0.15, 0.2) is 0 Å². The molecule has 0 unspecified atom stereocenters. The summed E-state index contributed by atoms with van der Waals surface area (Å²) in [5.74, 6) is 0.581. The fourth-order valence-electron chi connectivity index (χ4n) is 4.91. The monoisotopic (exact) mass is 304 g/mol. The van der Waals surface area contributed by atoms with Crippen LogP contribution in [0.5, 0.6) is 0 Å². The van der Waals surface area contributed by atoms with Gasteiger partial charge in [0.2, 0.25) is 8.32 Å². The fraction of sp³-hybridized carbons (Fsp3) is 0.684. The summed E-state index contributed by atoms with van der Waals surface area (Å²) < 4.78 is 7.03. The van der Waals surface area contributed by atoms with Crippen molar-refractivity contribution in [3.63, 3.8) is 0 Å². The van der Waals surface area contributed by atoms with Gasteiger partial charge in [0.25, 0.3) is 0 Å². The maximum absolute atomic E-state index is 7.03. The quantitative estimate of drug-likeness (QED) is 0.551. The number of hydrogen-bond acceptors (Lipinski definition) is 1. The summed E-state index contributed by atoms with van der Waals surface area (Å²) in [5, 5.41) is 0.477. The molecule has 1 saturated heterocycles. The third-order valence-electron chi connectivity index (χ3n) is 5.58. The molecule has 0 radical (unpaired) electrons. The average molecular weight is 305 g/mol. The highest BCUT2D eigenvalue weighted by molar-refractivity contribution is 6.81. The molecule has 0 spiro atoms. The van der Waals surface area contributed by atoms with Gasteiger partial charge in [-0.25, -0.2) is 0 Å². The van der Waals surface area contributed by atoms with E-state index >= 15 is 0 Å². The second-order valence-corrected chi connectivity index (χ2v) is 14.5. The van der Waals surface area contributed by atoms with Gasteiger partial charge in [-0.3, -0.25) is 0 Å². The van der Waals surface area contributed by atoms with E-state index in [1.807, 2.05) is 0 Å². The first-order valence-electron chi connectivity index (χ1n) is 8.25. The highest BCUT2D eigenvalue weighted by Gasteiger charge is 2.65. The van der Waals surface area contributed by atoms with E-state index in [4.69, 9.17) is 4.43 Å². The molecule has 1 fully saturated rings. The second-order valence-electron chi connectivity index (χ2n) is 8.83. The Balaban J connectivity index is 2.51. The third-order valence-corrected chi connectivity index (χ3v) is 12.5. The predicted molar refractivity (Wildman–Crippen MR) is 94.0 cm³/mol. The van der Waals surface area contributed by atoms with Gasteiger partial charge in [-0.1, -0.05) is 85.7 Å². The molecule has 0 aromatic heterocycles. The smallest absolute Gasteiger partial charge is 0.207 e. The minimum absolute atomic E-state index is 0.239. The number of benzene rings is 1. The standard InChI is InChI=1S/C19H32OSi/c1-14-15(2)21(18(3,4)5,19(6,7)8)20-17(14)16-12-10-9-11-13-16/h9-15,17H,1-8H3/t14-,15+,17+/m0/s1. The summed E-state index contributed by atoms with van der Waals surface area (Å²) in [6.45, 7) is 19.2. The lowest BCUT2D eigenvalue weighted by Gasteiger charge is -2.51. The first-order chi connectivity index (χ1) is 9.52. The molecule has 21 heavy (non-hydrogen) atoms. The molecular formula is C19H32OSi. The lowest BCUT2D eigenvalue weighted by molar-refractivity contribution is 0.168. The van der Waals surface area contributed by atoms with Crippen molar-refractivity contribution >= 4 is 8.32 Å². The van der Waals surface area contributed by atoms with Crippen molar-refractivity contribution in [2.24, 2.45) is 5.92 Å². The van der Waals surface area contributed by atoms with Crippen LogP contribution in [0.25, 0.3) is 0 Å². The number of rotatable bonds is 1. The molecule has 0 N–H and O–H groups in total. The molecule has 1 aromatic carbocycles. The van der Waals surface area contributed by atoms with Crippen molar-refractivity contribution in [1.82, 2.24) is 0 Å². The van der Waals surface area contributed by atoms with E-state index in [1.165, 1.54) is 5.56 Å². The van der Waals surface area contributed by atoms with Crippen LogP contribution in [0.1, 0.15) is 67.1 Å². The molecule has 1 aliphatic heterocycles. The summed E-state index contributed by atoms with van der Waals surface area (Å²) in [4.78, 5) is 0. The lowest BCUT2D eigenvalue weighted by Crippen LogP contribution is -2.54. The van der Waals surface area contributed by atoms with Crippen molar-refractivity contribution in [1.29, 1.82) is 0 Å². The Hall–Kier alpha value is -0.603. The molecule has 2 rings (SSSR count). The van der Waals surface area contributed by atoms with Crippen LogP contribution in [0.4, 0.5) is 0 Å². The largest absolute Gasteiger partial charge is 0.408 e. The van der Waals surface area contributed by atoms with Gasteiger partial charge in [-0.2, -0.15) is 0 Å². The van der Waals surface area contributed by atoms with E-state index in [-0.39, 0.29) is 16.2 Å². The first kappa shape index (κ1) is 16.8. The fourth-order valence-corrected chi connectivity index (χ4v) is 12.5. The summed E-state index contributed by atoms with van der Waals surface area (Å²) in [5.41, 5.74) is 2.00. The second kappa shape index (κ2) is 5.24. The van der Waals surface area contributed by atoms with Crippen LogP contribution in [0.2, 0.25) is 15.6 Å². The summed E-state index contributed by atoms with van der Waals surface area (Å²) >= 11 is 0. The molecule has 0 bridgehead atoms. The van der Waals surface area contributed by atoms with E-state index < -0.39 is 8.32 Å². The molecule has 0 amide bonds. The Morgan fingerprint density at radius 1 is 0.857 bits per heavy atom. The molecule has 118 valence electrons. The van der Waals surface area contributed by atoms with Crippen molar-refractivity contribution in [2.75, 3.05) is 0 Å². The predicted octanol–water partition coefficient (Wildman–Crippen LogP) is 6.33. The van der Waals surface area contributed by atoms with Gasteiger partial charge in [0.05, 0.1) is 6.10 Å². The van der Waals surface area contributed by atoms with Crippen LogP contribution in [0.15, 0.2) is 30.3 Å². The van der Waals surface area contributed by atoms with Crippen LogP contribution in [0, 0.1) is 5.92 Å². The van der Waals surface area contributed by atoms with Crippen molar-refractivity contribution in [3.8, 4) is 0 Å². The van der Waals surface area contributed by atoms with Crippen molar-refractivity contribution in [2.45, 2.75) is 77.1 Å². The summed E-state index contributed by atoms with van der Waals surface area (Å²) in [7, 11) is -1.95.